The normalized spacial score (nSPS) is 10.5. The van der Waals surface area contributed by atoms with E-state index < -0.39 is 10.7 Å². The van der Waals surface area contributed by atoms with Crippen molar-refractivity contribution < 1.29 is 9.31 Å². The molecule has 0 saturated heterocycles. The van der Waals surface area contributed by atoms with Gasteiger partial charge in [0.1, 0.15) is 11.5 Å². The van der Waals surface area contributed by atoms with Crippen molar-refractivity contribution in [2.24, 2.45) is 0 Å². The van der Waals surface area contributed by atoms with E-state index in [-0.39, 0.29) is 5.69 Å². The van der Waals surface area contributed by atoms with E-state index in [4.69, 9.17) is 0 Å². The van der Waals surface area contributed by atoms with Gasteiger partial charge >= 0.3 is 0 Å². The first kappa shape index (κ1) is 13.4. The summed E-state index contributed by atoms with van der Waals surface area (Å²) in [6, 6.07) is 2.39. The van der Waals surface area contributed by atoms with Gasteiger partial charge < -0.3 is 5.32 Å². The van der Waals surface area contributed by atoms with Gasteiger partial charge in [-0.1, -0.05) is 0 Å². The Bertz CT molecular complexity index is 627. The first-order valence-electron chi connectivity index (χ1n) is 5.57. The number of rotatable bonds is 4. The third-order valence-electron chi connectivity index (χ3n) is 2.60. The van der Waals surface area contributed by atoms with Crippen LogP contribution in [0.25, 0.3) is 0 Å². The summed E-state index contributed by atoms with van der Waals surface area (Å²) in [5.41, 5.74) is 0.424. The maximum Gasteiger partial charge on any atom is 0.295 e. The average molecular weight is 281 g/mol. The number of anilines is 1. The van der Waals surface area contributed by atoms with Crippen LogP contribution in [0.15, 0.2) is 18.3 Å². The van der Waals surface area contributed by atoms with Gasteiger partial charge in [0.15, 0.2) is 0 Å². The molecule has 0 saturated carbocycles. The molecule has 0 radical (unpaired) electrons. The molecule has 0 bridgehead atoms. The average Bonchev–Trinajstić information content (AvgIpc) is 2.76. The number of halogens is 1. The minimum Gasteiger partial charge on any atom is -0.375 e. The molecule has 0 amide bonds. The number of benzene rings is 1. The van der Waals surface area contributed by atoms with Gasteiger partial charge in [-0.05, 0) is 25.5 Å². The number of hydrogen-bond donors (Lipinski definition) is 1. The molecule has 7 heteroatoms. The van der Waals surface area contributed by atoms with E-state index in [2.05, 4.69) is 10.3 Å². The van der Waals surface area contributed by atoms with Gasteiger partial charge in [0.2, 0.25) is 0 Å². The van der Waals surface area contributed by atoms with Crippen molar-refractivity contribution in [1.82, 2.24) is 4.98 Å². The lowest BCUT2D eigenvalue weighted by Gasteiger charge is -2.07. The molecule has 0 aliphatic rings. The Morgan fingerprint density at radius 1 is 1.47 bits per heavy atom. The standard InChI is InChI=1S/C12H12FN3O2S/c1-7-3-11(12(16(17)18)4-10(7)13)15-6-9-5-14-8(2)19-9/h3-5,15H,6H2,1-2H3. The van der Waals surface area contributed by atoms with Gasteiger partial charge in [-0.3, -0.25) is 10.1 Å². The van der Waals surface area contributed by atoms with E-state index in [1.807, 2.05) is 6.92 Å². The molecule has 2 aromatic rings. The third-order valence-corrected chi connectivity index (χ3v) is 3.51. The molecule has 1 aromatic heterocycles. The molecule has 0 aliphatic carbocycles. The van der Waals surface area contributed by atoms with Crippen molar-refractivity contribution in [3.63, 3.8) is 0 Å². The van der Waals surface area contributed by atoms with Gasteiger partial charge in [0.05, 0.1) is 22.5 Å². The van der Waals surface area contributed by atoms with Crippen molar-refractivity contribution >= 4 is 22.7 Å². The lowest BCUT2D eigenvalue weighted by atomic mass is 10.2. The summed E-state index contributed by atoms with van der Waals surface area (Å²) in [5.74, 6) is -0.578. The van der Waals surface area contributed by atoms with E-state index in [1.54, 1.807) is 13.1 Å². The molecule has 0 spiro atoms. The Kier molecular flexibility index (Phi) is 3.75. The van der Waals surface area contributed by atoms with Crippen LogP contribution in [0.4, 0.5) is 15.8 Å². The Balaban J connectivity index is 2.23. The van der Waals surface area contributed by atoms with E-state index >= 15 is 0 Å². The summed E-state index contributed by atoms with van der Waals surface area (Å²) in [7, 11) is 0. The summed E-state index contributed by atoms with van der Waals surface area (Å²) in [5, 5.41) is 14.8. The molecule has 19 heavy (non-hydrogen) atoms. The van der Waals surface area contributed by atoms with Crippen LogP contribution in [0.2, 0.25) is 0 Å². The predicted octanol–water partition coefficient (Wildman–Crippen LogP) is 3.42. The first-order valence-corrected chi connectivity index (χ1v) is 6.38. The van der Waals surface area contributed by atoms with Gasteiger partial charge in [-0.25, -0.2) is 9.37 Å². The number of nitro groups is 1. The summed E-state index contributed by atoms with van der Waals surface area (Å²) in [6.07, 6.45) is 1.72. The zero-order valence-corrected chi connectivity index (χ0v) is 11.3. The van der Waals surface area contributed by atoms with Crippen LogP contribution in [-0.4, -0.2) is 9.91 Å². The quantitative estimate of drug-likeness (QED) is 0.688. The molecule has 1 N–H and O–H groups in total. The molecule has 1 heterocycles. The molecule has 100 valence electrons. The number of nitro benzene ring substituents is 1. The van der Waals surface area contributed by atoms with Gasteiger partial charge in [-0.15, -0.1) is 11.3 Å². The Hall–Kier alpha value is -2.02. The topological polar surface area (TPSA) is 68.1 Å². The lowest BCUT2D eigenvalue weighted by Crippen LogP contribution is -2.03. The highest BCUT2D eigenvalue weighted by Gasteiger charge is 2.16. The highest BCUT2D eigenvalue weighted by molar-refractivity contribution is 7.11. The fraction of sp³-hybridized carbons (Fsp3) is 0.250. The zero-order valence-electron chi connectivity index (χ0n) is 10.4. The number of nitrogens with one attached hydrogen (secondary N) is 1. The summed E-state index contributed by atoms with van der Waals surface area (Å²) in [4.78, 5) is 15.4. The zero-order chi connectivity index (χ0) is 14.0. The number of hydrogen-bond acceptors (Lipinski definition) is 5. The Morgan fingerprint density at radius 3 is 2.79 bits per heavy atom. The van der Waals surface area contributed by atoms with Crippen molar-refractivity contribution in [3.8, 4) is 0 Å². The second kappa shape index (κ2) is 5.31. The van der Waals surface area contributed by atoms with Crippen LogP contribution >= 0.6 is 11.3 Å². The highest BCUT2D eigenvalue weighted by Crippen LogP contribution is 2.28. The maximum absolute atomic E-state index is 13.3. The van der Waals surface area contributed by atoms with Crippen LogP contribution in [0.5, 0.6) is 0 Å². The first-order chi connectivity index (χ1) is 8.97. The smallest absolute Gasteiger partial charge is 0.295 e. The third kappa shape index (κ3) is 3.05. The van der Waals surface area contributed by atoms with Crippen molar-refractivity contribution in [2.75, 3.05) is 5.32 Å². The molecule has 0 unspecified atom stereocenters. The lowest BCUT2D eigenvalue weighted by molar-refractivity contribution is -0.384. The second-order valence-corrected chi connectivity index (χ2v) is 5.39. The van der Waals surface area contributed by atoms with Gasteiger partial charge in [0.25, 0.3) is 5.69 Å². The largest absolute Gasteiger partial charge is 0.375 e. The van der Waals surface area contributed by atoms with E-state index in [1.165, 1.54) is 17.4 Å². The maximum atomic E-state index is 13.3. The minimum atomic E-state index is -0.594. The van der Waals surface area contributed by atoms with Gasteiger partial charge in [-0.2, -0.15) is 0 Å². The van der Waals surface area contributed by atoms with Crippen LogP contribution < -0.4 is 5.32 Å². The summed E-state index contributed by atoms with van der Waals surface area (Å²) >= 11 is 1.51. The van der Waals surface area contributed by atoms with Crippen LogP contribution in [-0.2, 0) is 6.54 Å². The number of aromatic nitrogens is 1. The number of thiazole rings is 1. The van der Waals surface area contributed by atoms with E-state index in [0.717, 1.165) is 16.0 Å². The highest BCUT2D eigenvalue weighted by atomic mass is 32.1. The molecule has 5 nitrogen and oxygen atoms in total. The number of aryl methyl sites for hydroxylation is 2. The van der Waals surface area contributed by atoms with Crippen LogP contribution in [0.3, 0.4) is 0 Å². The predicted molar refractivity (Wildman–Crippen MR) is 72.0 cm³/mol. The van der Waals surface area contributed by atoms with Crippen molar-refractivity contribution in [3.05, 3.63) is 49.7 Å². The van der Waals surface area contributed by atoms with E-state index in [0.29, 0.717) is 17.8 Å². The van der Waals surface area contributed by atoms with Crippen LogP contribution in [0, 0.1) is 29.8 Å². The minimum absolute atomic E-state index is 0.260. The van der Waals surface area contributed by atoms with Crippen molar-refractivity contribution in [2.45, 2.75) is 20.4 Å². The molecular weight excluding hydrogens is 269 g/mol. The summed E-state index contributed by atoms with van der Waals surface area (Å²) in [6.45, 7) is 3.89. The molecular formula is C12H12FN3O2S. The molecule has 2 rings (SSSR count). The fourth-order valence-corrected chi connectivity index (χ4v) is 2.37. The second-order valence-electron chi connectivity index (χ2n) is 4.07. The van der Waals surface area contributed by atoms with E-state index in [9.17, 15) is 14.5 Å². The fourth-order valence-electron chi connectivity index (χ4n) is 1.63. The van der Waals surface area contributed by atoms with Crippen LogP contribution in [0.1, 0.15) is 15.4 Å². The monoisotopic (exact) mass is 281 g/mol. The van der Waals surface area contributed by atoms with Crippen molar-refractivity contribution in [1.29, 1.82) is 0 Å². The Morgan fingerprint density at radius 2 is 2.21 bits per heavy atom. The molecule has 0 atom stereocenters. The Labute approximate surface area is 113 Å². The summed E-state index contributed by atoms with van der Waals surface area (Å²) < 4.78 is 13.3. The molecule has 0 aliphatic heterocycles. The van der Waals surface area contributed by atoms with Gasteiger partial charge in [0, 0.05) is 11.1 Å². The molecule has 0 fully saturated rings. The SMILES string of the molecule is Cc1ncc(CNc2cc(C)c(F)cc2[N+](=O)[O-])s1. The molecule has 1 aromatic carbocycles. The number of nitrogens with zero attached hydrogens (tertiary/aromatic N) is 2.